The minimum atomic E-state index is 0.695. The molecule has 2 N–H and O–H groups in total. The van der Waals surface area contributed by atoms with Crippen molar-refractivity contribution < 1.29 is 4.98 Å². The number of H-pyrrole nitrogens is 1. The highest BCUT2D eigenvalue weighted by Gasteiger charge is 2.26. The van der Waals surface area contributed by atoms with Gasteiger partial charge in [0.1, 0.15) is 23.7 Å². The molecule has 0 bridgehead atoms. The molecule has 3 rings (SSSR count). The van der Waals surface area contributed by atoms with Gasteiger partial charge in [-0.15, -0.1) is 0 Å². The van der Waals surface area contributed by atoms with Gasteiger partial charge < -0.3 is 10.2 Å². The van der Waals surface area contributed by atoms with Crippen LogP contribution in [0.25, 0.3) is 10.9 Å². The Labute approximate surface area is 154 Å². The fourth-order valence-corrected chi connectivity index (χ4v) is 3.55. The first-order valence-electron chi connectivity index (χ1n) is 8.63. The highest BCUT2D eigenvalue weighted by molar-refractivity contribution is 7.80. The Morgan fingerprint density at radius 2 is 2.04 bits per heavy atom. The molecule has 0 unspecified atom stereocenters. The number of thiocarbonyl (C=S) groups is 1. The summed E-state index contributed by atoms with van der Waals surface area (Å²) in [5.41, 5.74) is 4.29. The Bertz CT molecular complexity index is 855. The maximum absolute atomic E-state index is 9.64. The zero-order valence-electron chi connectivity index (χ0n) is 15.0. The smallest absolute Gasteiger partial charge is 0.293 e. The number of pyridine rings is 1. The second-order valence-corrected chi connectivity index (χ2v) is 6.88. The molecule has 0 spiro atoms. The molecule has 130 valence electrons. The lowest BCUT2D eigenvalue weighted by Gasteiger charge is -2.22. The van der Waals surface area contributed by atoms with Gasteiger partial charge in [-0.25, -0.2) is 4.98 Å². The minimum absolute atomic E-state index is 0.695. The lowest BCUT2D eigenvalue weighted by Crippen LogP contribution is -2.41. The maximum atomic E-state index is 9.64. The van der Waals surface area contributed by atoms with Crippen molar-refractivity contribution in [3.63, 3.8) is 0 Å². The number of hydrogen-bond acceptors (Lipinski definition) is 3. The fourth-order valence-electron chi connectivity index (χ4n) is 3.37. The second-order valence-electron chi connectivity index (χ2n) is 6.50. The van der Waals surface area contributed by atoms with E-state index >= 15 is 0 Å². The molecule has 1 aliphatic rings. The molecule has 0 radical (unpaired) electrons. The number of rotatable bonds is 1. The molecule has 0 amide bonds. The van der Waals surface area contributed by atoms with E-state index in [1.807, 2.05) is 13.1 Å². The van der Waals surface area contributed by atoms with Crippen molar-refractivity contribution in [1.29, 1.82) is 5.26 Å². The molecule has 1 aromatic heterocycles. The Balaban J connectivity index is 1.98. The monoisotopic (exact) mass is 354 g/mol. The van der Waals surface area contributed by atoms with Crippen molar-refractivity contribution in [3.05, 3.63) is 34.9 Å². The van der Waals surface area contributed by atoms with E-state index in [0.29, 0.717) is 5.56 Å². The van der Waals surface area contributed by atoms with Gasteiger partial charge in [-0.2, -0.15) is 5.26 Å². The number of nitriles is 1. The van der Waals surface area contributed by atoms with Crippen LogP contribution in [-0.4, -0.2) is 43.2 Å². The largest absolute Gasteiger partial charge is 0.366 e. The first kappa shape index (κ1) is 17.4. The van der Waals surface area contributed by atoms with Crippen molar-refractivity contribution in [3.8, 4) is 6.07 Å². The van der Waals surface area contributed by atoms with Gasteiger partial charge in [0.2, 0.25) is 0 Å². The van der Waals surface area contributed by atoms with E-state index in [0.717, 1.165) is 54.4 Å². The normalized spacial score (nSPS) is 15.0. The number of benzene rings is 1. The molecule has 1 aliphatic heterocycles. The number of nitrogens with one attached hydrogen (secondary N) is 2. The predicted molar refractivity (Wildman–Crippen MR) is 105 cm³/mol. The number of anilines is 1. The standard InChI is InChI=1S/C19H23N5S/c1-13-5-6-15-11-16(12-20)18(22-17(15)14(13)2)23-7-4-8-24(10-9-23)19(25)21-3/h5-6,11H,4,7-10H2,1-3H3,(H,21,25)/p+1. The van der Waals surface area contributed by atoms with Crippen LogP contribution in [0.4, 0.5) is 5.82 Å². The van der Waals surface area contributed by atoms with Crippen molar-refractivity contribution >= 4 is 34.1 Å². The second kappa shape index (κ2) is 7.24. The van der Waals surface area contributed by atoms with Gasteiger partial charge in [-0.3, -0.25) is 4.90 Å². The third-order valence-electron chi connectivity index (χ3n) is 5.00. The summed E-state index contributed by atoms with van der Waals surface area (Å²) in [7, 11) is 1.86. The molecule has 1 saturated heterocycles. The number of aryl methyl sites for hydroxylation is 2. The maximum Gasteiger partial charge on any atom is 0.293 e. The lowest BCUT2D eigenvalue weighted by molar-refractivity contribution is -0.331. The molecule has 2 heterocycles. The van der Waals surface area contributed by atoms with Crippen LogP contribution in [-0.2, 0) is 0 Å². The highest BCUT2D eigenvalue weighted by atomic mass is 32.1. The van der Waals surface area contributed by atoms with Gasteiger partial charge >= 0.3 is 0 Å². The van der Waals surface area contributed by atoms with Crippen LogP contribution in [0.2, 0.25) is 0 Å². The van der Waals surface area contributed by atoms with E-state index in [-0.39, 0.29) is 0 Å². The third kappa shape index (κ3) is 3.38. The van der Waals surface area contributed by atoms with Crippen molar-refractivity contribution in [2.24, 2.45) is 0 Å². The molecule has 2 aromatic rings. The fraction of sp³-hybridized carbons (Fsp3) is 0.421. The summed E-state index contributed by atoms with van der Waals surface area (Å²) in [6.07, 6.45) is 1.01. The van der Waals surface area contributed by atoms with Crippen molar-refractivity contribution in [2.75, 3.05) is 38.1 Å². The summed E-state index contributed by atoms with van der Waals surface area (Å²) in [6.45, 7) is 7.77. The highest BCUT2D eigenvalue weighted by Crippen LogP contribution is 2.24. The summed E-state index contributed by atoms with van der Waals surface area (Å²) >= 11 is 5.37. The molecule has 25 heavy (non-hydrogen) atoms. The summed E-state index contributed by atoms with van der Waals surface area (Å²) in [5, 5.41) is 14.6. The first-order valence-corrected chi connectivity index (χ1v) is 9.04. The van der Waals surface area contributed by atoms with Crippen molar-refractivity contribution in [1.82, 2.24) is 10.2 Å². The molecule has 1 aromatic carbocycles. The average Bonchev–Trinajstić information content (AvgIpc) is 2.89. The van der Waals surface area contributed by atoms with E-state index < -0.39 is 0 Å². The van der Waals surface area contributed by atoms with Crippen molar-refractivity contribution in [2.45, 2.75) is 20.3 Å². The molecule has 0 aliphatic carbocycles. The van der Waals surface area contributed by atoms with E-state index in [1.54, 1.807) is 0 Å². The molecular weight excluding hydrogens is 330 g/mol. The Kier molecular flexibility index (Phi) is 5.05. The summed E-state index contributed by atoms with van der Waals surface area (Å²) < 4.78 is 0. The molecule has 1 fully saturated rings. The number of aromatic amines is 1. The summed E-state index contributed by atoms with van der Waals surface area (Å²) in [6, 6.07) is 8.54. The summed E-state index contributed by atoms with van der Waals surface area (Å²) in [5.74, 6) is 0.918. The van der Waals surface area contributed by atoms with Gasteiger partial charge in [-0.1, -0.05) is 12.1 Å². The van der Waals surface area contributed by atoms with Crippen LogP contribution in [0, 0.1) is 25.2 Å². The van der Waals surface area contributed by atoms with Crippen LogP contribution < -0.4 is 15.2 Å². The zero-order valence-corrected chi connectivity index (χ0v) is 15.8. The van der Waals surface area contributed by atoms with Gasteiger partial charge in [0, 0.05) is 25.4 Å². The van der Waals surface area contributed by atoms with Gasteiger partial charge in [0.15, 0.2) is 5.11 Å². The van der Waals surface area contributed by atoms with Gasteiger partial charge in [-0.05, 0) is 43.3 Å². The zero-order chi connectivity index (χ0) is 18.0. The molecule has 0 saturated carbocycles. The van der Waals surface area contributed by atoms with Crippen LogP contribution in [0.15, 0.2) is 18.2 Å². The Hall–Kier alpha value is -2.39. The Morgan fingerprint density at radius 3 is 2.76 bits per heavy atom. The number of nitrogens with zero attached hydrogens (tertiary/aromatic N) is 3. The topological polar surface area (TPSA) is 56.4 Å². The molecule has 0 atom stereocenters. The van der Waals surface area contributed by atoms with E-state index in [1.165, 1.54) is 11.1 Å². The van der Waals surface area contributed by atoms with Crippen LogP contribution >= 0.6 is 12.2 Å². The predicted octanol–water partition coefficient (Wildman–Crippen LogP) is 2.16. The van der Waals surface area contributed by atoms with E-state index in [9.17, 15) is 5.26 Å². The lowest BCUT2D eigenvalue weighted by atomic mass is 10.0. The first-order chi connectivity index (χ1) is 12.0. The number of hydrogen-bond donors (Lipinski definition) is 1. The number of aromatic nitrogens is 1. The third-order valence-corrected chi connectivity index (χ3v) is 5.46. The van der Waals surface area contributed by atoms with Crippen LogP contribution in [0.1, 0.15) is 23.1 Å². The van der Waals surface area contributed by atoms with Gasteiger partial charge in [0.25, 0.3) is 5.82 Å². The SMILES string of the molecule is CNC(=S)N1CCCN(c2[nH+]c3c(C)c(C)ccc3cc2C#N)CC1. The average molecular weight is 355 g/mol. The van der Waals surface area contributed by atoms with E-state index in [2.05, 4.69) is 52.2 Å². The molecular formula is C19H24N5S+. The Morgan fingerprint density at radius 1 is 1.24 bits per heavy atom. The van der Waals surface area contributed by atoms with Crippen LogP contribution in [0.5, 0.6) is 0 Å². The van der Waals surface area contributed by atoms with Crippen LogP contribution in [0.3, 0.4) is 0 Å². The number of fused-ring (bicyclic) bond motifs is 1. The quantitative estimate of drug-likeness (QED) is 0.796. The molecule has 5 nitrogen and oxygen atoms in total. The summed E-state index contributed by atoms with van der Waals surface area (Å²) in [4.78, 5) is 8.02. The molecule has 6 heteroatoms. The van der Waals surface area contributed by atoms with E-state index in [4.69, 9.17) is 12.2 Å². The van der Waals surface area contributed by atoms with Gasteiger partial charge in [0.05, 0.1) is 13.1 Å². The minimum Gasteiger partial charge on any atom is -0.366 e.